The van der Waals surface area contributed by atoms with Crippen LogP contribution in [0.1, 0.15) is 12.0 Å². The van der Waals surface area contributed by atoms with Crippen LogP contribution in [0.25, 0.3) is 0 Å². The highest BCUT2D eigenvalue weighted by Gasteiger charge is 2.53. The zero-order valence-corrected chi connectivity index (χ0v) is 9.34. The number of alkyl halides is 2. The van der Waals surface area contributed by atoms with Gasteiger partial charge in [0, 0.05) is 12.3 Å². The van der Waals surface area contributed by atoms with Crippen molar-refractivity contribution in [1.82, 2.24) is 0 Å². The summed E-state index contributed by atoms with van der Waals surface area (Å²) in [6.45, 7) is 1.07. The van der Waals surface area contributed by atoms with Gasteiger partial charge < -0.3 is 4.74 Å². The van der Waals surface area contributed by atoms with Gasteiger partial charge in [-0.05, 0) is 21.5 Å². The van der Waals surface area contributed by atoms with Crippen LogP contribution in [0.3, 0.4) is 0 Å². The summed E-state index contributed by atoms with van der Waals surface area (Å²) in [5.74, 6) is 0.0335. The van der Waals surface area contributed by atoms with Crippen LogP contribution in [0.4, 0.5) is 4.39 Å². The highest BCUT2D eigenvalue weighted by atomic mass is 79.9. The summed E-state index contributed by atoms with van der Waals surface area (Å²) in [5, 5.41) is 0. The zero-order valence-electron chi connectivity index (χ0n) is 7.75. The lowest BCUT2D eigenvalue weighted by atomic mass is 10.2. The zero-order chi connectivity index (χ0) is 10.0. The van der Waals surface area contributed by atoms with Crippen molar-refractivity contribution in [2.45, 2.75) is 17.6 Å². The second-order valence-corrected chi connectivity index (χ2v) is 4.98. The Morgan fingerprint density at radius 3 is 2.64 bits per heavy atom. The van der Waals surface area contributed by atoms with Crippen molar-refractivity contribution in [3.8, 4) is 0 Å². The Hall–Kier alpha value is -0.410. The number of benzene rings is 1. The average molecular weight is 259 g/mol. The molecule has 0 bridgehead atoms. The van der Waals surface area contributed by atoms with Crippen molar-refractivity contribution < 1.29 is 9.13 Å². The predicted molar refractivity (Wildman–Crippen MR) is 57.0 cm³/mol. The van der Waals surface area contributed by atoms with E-state index in [0.29, 0.717) is 19.6 Å². The predicted octanol–water partition coefficient (Wildman–Crippen LogP) is 3.28. The van der Waals surface area contributed by atoms with E-state index in [1.54, 1.807) is 0 Å². The van der Waals surface area contributed by atoms with Gasteiger partial charge in [-0.3, -0.25) is 0 Å². The molecule has 1 aromatic carbocycles. The lowest BCUT2D eigenvalue weighted by molar-refractivity contribution is 0.104. The molecule has 0 heterocycles. The minimum atomic E-state index is -1.15. The van der Waals surface area contributed by atoms with E-state index in [9.17, 15) is 4.39 Å². The maximum atomic E-state index is 13.0. The van der Waals surface area contributed by atoms with Gasteiger partial charge in [0.05, 0.1) is 13.2 Å². The van der Waals surface area contributed by atoms with Crippen LogP contribution in [0.5, 0.6) is 0 Å². The fraction of sp³-hybridized carbons (Fsp3) is 0.455. The number of hydrogen-bond acceptors (Lipinski definition) is 1. The first-order valence-electron chi connectivity index (χ1n) is 4.68. The molecule has 0 saturated heterocycles. The monoisotopic (exact) mass is 258 g/mol. The van der Waals surface area contributed by atoms with Crippen LogP contribution in [-0.4, -0.2) is 11.2 Å². The maximum absolute atomic E-state index is 13.0. The molecule has 76 valence electrons. The molecule has 14 heavy (non-hydrogen) atoms. The average Bonchev–Trinajstić information content (AvgIpc) is 2.76. The molecule has 1 aliphatic rings. The van der Waals surface area contributed by atoms with Gasteiger partial charge in [-0.1, -0.05) is 30.3 Å². The minimum absolute atomic E-state index is 0.0335. The lowest BCUT2D eigenvalue weighted by Crippen LogP contribution is -2.02. The molecule has 0 aliphatic heterocycles. The normalized spacial score (nSPS) is 30.3. The summed E-state index contributed by atoms with van der Waals surface area (Å²) in [5.41, 5.74) is 1.13. The number of hydrogen-bond donors (Lipinski definition) is 0. The fourth-order valence-corrected chi connectivity index (χ4v) is 1.87. The van der Waals surface area contributed by atoms with E-state index in [2.05, 4.69) is 15.9 Å². The Labute approximate surface area is 91.4 Å². The lowest BCUT2D eigenvalue weighted by Gasteiger charge is -2.03. The van der Waals surface area contributed by atoms with Crippen LogP contribution in [0.2, 0.25) is 0 Å². The SMILES string of the molecule is FC1(Br)CC1COCc1ccccc1. The number of halogens is 2. The largest absolute Gasteiger partial charge is 0.376 e. The molecule has 0 amide bonds. The Morgan fingerprint density at radius 1 is 1.43 bits per heavy atom. The van der Waals surface area contributed by atoms with Gasteiger partial charge in [0.2, 0.25) is 0 Å². The summed E-state index contributed by atoms with van der Waals surface area (Å²) in [6, 6.07) is 9.92. The van der Waals surface area contributed by atoms with Crippen LogP contribution in [-0.2, 0) is 11.3 Å². The van der Waals surface area contributed by atoms with Gasteiger partial charge in [-0.15, -0.1) is 0 Å². The summed E-state index contributed by atoms with van der Waals surface area (Å²) in [7, 11) is 0. The first kappa shape index (κ1) is 10.1. The third kappa shape index (κ3) is 2.55. The van der Waals surface area contributed by atoms with Gasteiger partial charge in [0.15, 0.2) is 4.58 Å². The van der Waals surface area contributed by atoms with Crippen molar-refractivity contribution in [3.63, 3.8) is 0 Å². The Kier molecular flexibility index (Phi) is 2.88. The van der Waals surface area contributed by atoms with Gasteiger partial charge in [-0.2, -0.15) is 0 Å². The van der Waals surface area contributed by atoms with Crippen molar-refractivity contribution in [1.29, 1.82) is 0 Å². The highest BCUT2D eigenvalue weighted by molar-refractivity contribution is 9.10. The van der Waals surface area contributed by atoms with Crippen molar-refractivity contribution >= 4 is 15.9 Å². The van der Waals surface area contributed by atoms with Gasteiger partial charge >= 0.3 is 0 Å². The summed E-state index contributed by atoms with van der Waals surface area (Å²) >= 11 is 2.99. The maximum Gasteiger partial charge on any atom is 0.170 e. The molecule has 0 aromatic heterocycles. The summed E-state index contributed by atoms with van der Waals surface area (Å²) in [4.78, 5) is 0. The van der Waals surface area contributed by atoms with E-state index >= 15 is 0 Å². The Morgan fingerprint density at radius 2 is 2.07 bits per heavy atom. The molecular formula is C11H12BrFO. The fourth-order valence-electron chi connectivity index (χ4n) is 1.34. The van der Waals surface area contributed by atoms with Crippen LogP contribution >= 0.6 is 15.9 Å². The van der Waals surface area contributed by atoms with E-state index in [0.717, 1.165) is 5.56 Å². The minimum Gasteiger partial charge on any atom is -0.376 e. The topological polar surface area (TPSA) is 9.23 Å². The summed E-state index contributed by atoms with van der Waals surface area (Å²) in [6.07, 6.45) is 0.571. The van der Waals surface area contributed by atoms with E-state index in [1.165, 1.54) is 0 Å². The van der Waals surface area contributed by atoms with E-state index in [-0.39, 0.29) is 5.92 Å². The van der Waals surface area contributed by atoms with Crippen LogP contribution in [0.15, 0.2) is 30.3 Å². The van der Waals surface area contributed by atoms with E-state index in [1.807, 2.05) is 30.3 Å². The quantitative estimate of drug-likeness (QED) is 0.754. The highest BCUT2D eigenvalue weighted by Crippen LogP contribution is 2.52. The molecule has 1 aliphatic carbocycles. The third-order valence-corrected chi connectivity index (χ3v) is 3.36. The second-order valence-electron chi connectivity index (χ2n) is 3.66. The Balaban J connectivity index is 1.69. The molecule has 2 unspecified atom stereocenters. The van der Waals surface area contributed by atoms with Crippen LogP contribution < -0.4 is 0 Å². The Bertz CT molecular complexity index is 299. The van der Waals surface area contributed by atoms with Crippen LogP contribution in [0, 0.1) is 5.92 Å². The number of ether oxygens (including phenoxy) is 1. The second kappa shape index (κ2) is 3.99. The molecule has 1 aromatic rings. The molecule has 1 saturated carbocycles. The molecule has 0 radical (unpaired) electrons. The first-order chi connectivity index (χ1) is 6.68. The number of rotatable bonds is 4. The molecular weight excluding hydrogens is 247 g/mol. The van der Waals surface area contributed by atoms with Crippen molar-refractivity contribution in [2.75, 3.05) is 6.61 Å². The molecule has 0 spiro atoms. The van der Waals surface area contributed by atoms with Crippen molar-refractivity contribution in [3.05, 3.63) is 35.9 Å². The smallest absolute Gasteiger partial charge is 0.170 e. The first-order valence-corrected chi connectivity index (χ1v) is 5.47. The van der Waals surface area contributed by atoms with Gasteiger partial charge in [0.25, 0.3) is 0 Å². The molecule has 1 nitrogen and oxygen atoms in total. The molecule has 0 N–H and O–H groups in total. The molecule has 3 heteroatoms. The van der Waals surface area contributed by atoms with Crippen molar-refractivity contribution in [2.24, 2.45) is 5.92 Å². The molecule has 2 atom stereocenters. The third-order valence-electron chi connectivity index (χ3n) is 2.39. The van der Waals surface area contributed by atoms with E-state index < -0.39 is 4.58 Å². The molecule has 1 fully saturated rings. The van der Waals surface area contributed by atoms with E-state index in [4.69, 9.17) is 4.74 Å². The molecule has 2 rings (SSSR count). The summed E-state index contributed by atoms with van der Waals surface area (Å²) < 4.78 is 17.3. The van der Waals surface area contributed by atoms with Gasteiger partial charge in [-0.25, -0.2) is 4.39 Å². The standard InChI is InChI=1S/C11H12BrFO/c12-11(13)6-10(11)8-14-7-9-4-2-1-3-5-9/h1-5,10H,6-8H2. The van der Waals surface area contributed by atoms with Gasteiger partial charge in [0.1, 0.15) is 0 Å².